The van der Waals surface area contributed by atoms with Crippen molar-refractivity contribution in [1.29, 1.82) is 0 Å². The maximum Gasteiger partial charge on any atom is 0.244 e. The smallest absolute Gasteiger partial charge is 0.244 e. The molecule has 0 bridgehead atoms. The molecular weight excluding hydrogens is 280 g/mol. The van der Waals surface area contributed by atoms with E-state index in [9.17, 15) is 4.79 Å². The van der Waals surface area contributed by atoms with Crippen molar-refractivity contribution < 1.29 is 4.79 Å². The minimum atomic E-state index is 0.0249. The number of hydrogen-bond donors (Lipinski definition) is 1. The zero-order valence-corrected chi connectivity index (χ0v) is 12.9. The van der Waals surface area contributed by atoms with E-state index in [-0.39, 0.29) is 18.5 Å². The second kappa shape index (κ2) is 6.13. The summed E-state index contributed by atoms with van der Waals surface area (Å²) in [5.41, 5.74) is 0.906. The maximum absolute atomic E-state index is 12.5. The number of aryl methyl sites for hydroxylation is 1. The van der Waals surface area contributed by atoms with Crippen molar-refractivity contribution in [3.05, 3.63) is 36.0 Å². The Hall–Kier alpha value is -2.44. The molecule has 3 rings (SSSR count). The lowest BCUT2D eigenvalue weighted by Gasteiger charge is -2.24. The van der Waals surface area contributed by atoms with E-state index in [0.717, 1.165) is 30.9 Å². The summed E-state index contributed by atoms with van der Waals surface area (Å²) in [6.45, 7) is 2.91. The Morgan fingerprint density at radius 3 is 3.05 bits per heavy atom. The first-order chi connectivity index (χ1) is 10.7. The van der Waals surface area contributed by atoms with E-state index in [0.29, 0.717) is 5.82 Å². The maximum atomic E-state index is 12.5. The fourth-order valence-corrected chi connectivity index (χ4v) is 2.89. The van der Waals surface area contributed by atoms with Gasteiger partial charge in [0.15, 0.2) is 0 Å². The summed E-state index contributed by atoms with van der Waals surface area (Å²) in [4.78, 5) is 23.3. The van der Waals surface area contributed by atoms with Crippen LogP contribution in [0.4, 0.5) is 5.82 Å². The molecule has 0 spiro atoms. The minimum absolute atomic E-state index is 0.0249. The first-order valence-electron chi connectivity index (χ1n) is 7.47. The number of rotatable bonds is 4. The highest BCUT2D eigenvalue weighted by Crippen LogP contribution is 2.31. The number of nitrogens with one attached hydrogen (secondary N) is 1. The third kappa shape index (κ3) is 2.93. The van der Waals surface area contributed by atoms with E-state index in [4.69, 9.17) is 0 Å². The highest BCUT2D eigenvalue weighted by molar-refractivity contribution is 5.76. The number of hydrogen-bond acceptors (Lipinski definition) is 5. The predicted octanol–water partition coefficient (Wildman–Crippen LogP) is 1.39. The minimum Gasteiger partial charge on any atom is -0.373 e. The van der Waals surface area contributed by atoms with Gasteiger partial charge in [0.05, 0.1) is 11.7 Å². The van der Waals surface area contributed by atoms with Gasteiger partial charge in [0.1, 0.15) is 18.2 Å². The Morgan fingerprint density at radius 1 is 1.45 bits per heavy atom. The average molecular weight is 300 g/mol. The van der Waals surface area contributed by atoms with Crippen molar-refractivity contribution in [1.82, 2.24) is 24.6 Å². The van der Waals surface area contributed by atoms with Crippen LogP contribution in [0.25, 0.3) is 0 Å². The van der Waals surface area contributed by atoms with Crippen LogP contribution in [-0.4, -0.2) is 44.1 Å². The monoisotopic (exact) mass is 300 g/mol. The van der Waals surface area contributed by atoms with Crippen LogP contribution in [0.1, 0.15) is 30.4 Å². The fraction of sp³-hybridized carbons (Fsp3) is 0.467. The van der Waals surface area contributed by atoms with Crippen LogP contribution in [0.3, 0.4) is 0 Å². The molecule has 1 amide bonds. The van der Waals surface area contributed by atoms with Gasteiger partial charge >= 0.3 is 0 Å². The van der Waals surface area contributed by atoms with E-state index in [2.05, 4.69) is 20.4 Å². The van der Waals surface area contributed by atoms with Crippen LogP contribution in [0.2, 0.25) is 0 Å². The predicted molar refractivity (Wildman–Crippen MR) is 82.2 cm³/mol. The second-order valence-corrected chi connectivity index (χ2v) is 5.42. The number of carbonyl (C=O) groups is 1. The van der Waals surface area contributed by atoms with Gasteiger partial charge in [0.2, 0.25) is 5.91 Å². The number of anilines is 1. The van der Waals surface area contributed by atoms with Crippen LogP contribution in [0.5, 0.6) is 0 Å². The lowest BCUT2D eigenvalue weighted by Crippen LogP contribution is -2.34. The van der Waals surface area contributed by atoms with Crippen molar-refractivity contribution in [3.63, 3.8) is 0 Å². The van der Waals surface area contributed by atoms with Crippen LogP contribution in [0, 0.1) is 6.92 Å². The quantitative estimate of drug-likeness (QED) is 0.923. The molecule has 22 heavy (non-hydrogen) atoms. The number of nitrogens with zero attached hydrogens (tertiary/aromatic N) is 5. The summed E-state index contributed by atoms with van der Waals surface area (Å²) in [5.74, 6) is 1.58. The molecule has 0 unspecified atom stereocenters. The molecule has 1 fully saturated rings. The first-order valence-corrected chi connectivity index (χ1v) is 7.47. The molecule has 1 N–H and O–H groups in total. The van der Waals surface area contributed by atoms with Gasteiger partial charge in [-0.05, 0) is 25.8 Å². The molecule has 0 saturated carbocycles. The molecule has 1 saturated heterocycles. The number of amides is 1. The van der Waals surface area contributed by atoms with Crippen LogP contribution < -0.4 is 5.32 Å². The van der Waals surface area contributed by atoms with Crippen molar-refractivity contribution in [3.8, 4) is 0 Å². The number of carbonyl (C=O) groups excluding carboxylic acids is 1. The zero-order chi connectivity index (χ0) is 15.5. The summed E-state index contributed by atoms with van der Waals surface area (Å²) >= 11 is 0. The molecule has 2 aromatic rings. The lowest BCUT2D eigenvalue weighted by molar-refractivity contribution is -0.133. The van der Waals surface area contributed by atoms with Gasteiger partial charge < -0.3 is 10.2 Å². The molecule has 7 nitrogen and oxygen atoms in total. The number of aromatic nitrogens is 4. The Bertz CT molecular complexity index is 654. The van der Waals surface area contributed by atoms with Crippen LogP contribution >= 0.6 is 0 Å². The zero-order valence-electron chi connectivity index (χ0n) is 12.9. The highest BCUT2D eigenvalue weighted by Gasteiger charge is 2.31. The SMILES string of the molecule is CNc1cc([C@@H]2CCCN2C(=O)Cn2cccn2)nc(C)n1. The summed E-state index contributed by atoms with van der Waals surface area (Å²) in [7, 11) is 1.83. The van der Waals surface area contributed by atoms with Gasteiger partial charge in [-0.25, -0.2) is 9.97 Å². The molecule has 3 heterocycles. The Kier molecular flexibility index (Phi) is 4.04. The summed E-state index contributed by atoms with van der Waals surface area (Å²) in [5, 5.41) is 7.14. The van der Waals surface area contributed by atoms with E-state index >= 15 is 0 Å². The largest absolute Gasteiger partial charge is 0.373 e. The third-order valence-corrected chi connectivity index (χ3v) is 3.88. The number of likely N-dealkylation sites (tertiary alicyclic amines) is 1. The standard InChI is InChI=1S/C15H20N6O/c1-11-18-12(9-14(16-2)19-11)13-5-3-8-21(13)15(22)10-20-7-4-6-17-20/h4,6-7,9,13H,3,5,8,10H2,1-2H3,(H,16,18,19)/t13-/m0/s1. The van der Waals surface area contributed by atoms with Gasteiger partial charge in [-0.15, -0.1) is 0 Å². The van der Waals surface area contributed by atoms with Crippen molar-refractivity contribution in [2.24, 2.45) is 0 Å². The Balaban J connectivity index is 1.80. The molecular formula is C15H20N6O. The molecule has 1 atom stereocenters. The van der Waals surface area contributed by atoms with Crippen molar-refractivity contribution in [2.75, 3.05) is 18.9 Å². The van der Waals surface area contributed by atoms with Gasteiger partial charge in [0, 0.05) is 32.1 Å². The van der Waals surface area contributed by atoms with E-state index < -0.39 is 0 Å². The molecule has 0 radical (unpaired) electrons. The molecule has 1 aliphatic rings. The highest BCUT2D eigenvalue weighted by atomic mass is 16.2. The van der Waals surface area contributed by atoms with Gasteiger partial charge in [-0.3, -0.25) is 9.48 Å². The molecule has 116 valence electrons. The van der Waals surface area contributed by atoms with Gasteiger partial charge in [0.25, 0.3) is 0 Å². The summed E-state index contributed by atoms with van der Waals surface area (Å²) in [6, 6.07) is 3.77. The van der Waals surface area contributed by atoms with E-state index in [1.54, 1.807) is 17.1 Å². The van der Waals surface area contributed by atoms with Crippen LogP contribution in [-0.2, 0) is 11.3 Å². The lowest BCUT2D eigenvalue weighted by atomic mass is 10.1. The van der Waals surface area contributed by atoms with Crippen molar-refractivity contribution in [2.45, 2.75) is 32.4 Å². The van der Waals surface area contributed by atoms with E-state index in [1.165, 1.54) is 0 Å². The normalized spacial score (nSPS) is 17.7. The Labute approximate surface area is 129 Å². The third-order valence-electron chi connectivity index (χ3n) is 3.88. The fourth-order valence-electron chi connectivity index (χ4n) is 2.89. The summed E-state index contributed by atoms with van der Waals surface area (Å²) in [6.07, 6.45) is 5.41. The Morgan fingerprint density at radius 2 is 2.32 bits per heavy atom. The molecule has 0 aliphatic carbocycles. The molecule has 1 aliphatic heterocycles. The van der Waals surface area contributed by atoms with Crippen LogP contribution in [0.15, 0.2) is 24.5 Å². The molecule has 0 aromatic carbocycles. The first kappa shape index (κ1) is 14.5. The van der Waals surface area contributed by atoms with E-state index in [1.807, 2.05) is 31.0 Å². The topological polar surface area (TPSA) is 75.9 Å². The summed E-state index contributed by atoms with van der Waals surface area (Å²) < 4.78 is 1.65. The van der Waals surface area contributed by atoms with Gasteiger partial charge in [-0.1, -0.05) is 0 Å². The van der Waals surface area contributed by atoms with Crippen molar-refractivity contribution >= 4 is 11.7 Å². The molecule has 2 aromatic heterocycles. The average Bonchev–Trinajstić information content (AvgIpc) is 3.17. The molecule has 7 heteroatoms. The second-order valence-electron chi connectivity index (χ2n) is 5.42. The van der Waals surface area contributed by atoms with Gasteiger partial charge in [-0.2, -0.15) is 5.10 Å².